The highest BCUT2D eigenvalue weighted by Gasteiger charge is 2.38. The molecule has 0 spiro atoms. The molecule has 1 rings (SSSR count). The first-order chi connectivity index (χ1) is 6.89. The Balaban J connectivity index is 2.54. The van der Waals surface area contributed by atoms with Gasteiger partial charge in [-0.2, -0.15) is 5.26 Å². The molecule has 0 saturated heterocycles. The Labute approximate surface area is 94.9 Å². The molecule has 0 bridgehead atoms. The summed E-state index contributed by atoms with van der Waals surface area (Å²) < 4.78 is 0. The summed E-state index contributed by atoms with van der Waals surface area (Å²) in [5, 5.41) is 9.37. The number of nitrogens with zero attached hydrogens (tertiary/aromatic N) is 1. The topological polar surface area (TPSA) is 23.8 Å². The summed E-state index contributed by atoms with van der Waals surface area (Å²) in [6.45, 7) is 9.16. The van der Waals surface area contributed by atoms with Gasteiger partial charge < -0.3 is 0 Å². The van der Waals surface area contributed by atoms with Gasteiger partial charge in [0.25, 0.3) is 0 Å². The molecular weight excluding hydrogens is 182 g/mol. The molecule has 1 heteroatoms. The largest absolute Gasteiger partial charge is 0.198 e. The Bertz CT molecular complexity index is 229. The highest BCUT2D eigenvalue weighted by Crippen LogP contribution is 2.47. The van der Waals surface area contributed by atoms with Crippen LogP contribution in [-0.4, -0.2) is 0 Å². The van der Waals surface area contributed by atoms with Crippen LogP contribution in [0.4, 0.5) is 0 Å². The lowest BCUT2D eigenvalue weighted by Crippen LogP contribution is -2.30. The minimum absolute atomic E-state index is 0.0137. The van der Waals surface area contributed by atoms with Crippen molar-refractivity contribution >= 4 is 0 Å². The van der Waals surface area contributed by atoms with E-state index in [4.69, 9.17) is 0 Å². The lowest BCUT2D eigenvalue weighted by molar-refractivity contribution is 0.133. The summed E-state index contributed by atoms with van der Waals surface area (Å²) in [6.07, 6.45) is 6.98. The zero-order valence-electron chi connectivity index (χ0n) is 10.8. The van der Waals surface area contributed by atoms with Crippen LogP contribution in [0, 0.1) is 28.1 Å². The van der Waals surface area contributed by atoms with Crippen LogP contribution >= 0.6 is 0 Å². The minimum atomic E-state index is 0.0137. The summed E-state index contributed by atoms with van der Waals surface area (Å²) in [5.41, 5.74) is 0.484. The Morgan fingerprint density at radius 2 is 1.67 bits per heavy atom. The van der Waals surface area contributed by atoms with Gasteiger partial charge in [-0.25, -0.2) is 0 Å². The molecule has 0 N–H and O–H groups in total. The lowest BCUT2D eigenvalue weighted by atomic mass is 9.64. The van der Waals surface area contributed by atoms with Crippen LogP contribution in [0.15, 0.2) is 0 Å². The van der Waals surface area contributed by atoms with E-state index < -0.39 is 0 Å². The molecule has 0 aromatic rings. The van der Waals surface area contributed by atoms with E-state index in [0.29, 0.717) is 5.41 Å². The highest BCUT2D eigenvalue weighted by molar-refractivity contribution is 5.02. The molecule has 0 radical (unpaired) electrons. The third kappa shape index (κ3) is 3.52. The maximum Gasteiger partial charge on any atom is 0.0689 e. The first-order valence-corrected chi connectivity index (χ1v) is 6.30. The van der Waals surface area contributed by atoms with Gasteiger partial charge in [0.05, 0.1) is 11.5 Å². The molecule has 0 amide bonds. The predicted molar refractivity (Wildman–Crippen MR) is 64.4 cm³/mol. The zero-order chi connectivity index (χ0) is 11.5. The van der Waals surface area contributed by atoms with Crippen molar-refractivity contribution < 1.29 is 0 Å². The molecule has 0 atom stereocenters. The molecule has 1 saturated carbocycles. The van der Waals surface area contributed by atoms with Gasteiger partial charge in [-0.1, -0.05) is 27.7 Å². The molecule has 0 aromatic heterocycles. The van der Waals surface area contributed by atoms with E-state index in [1.807, 2.05) is 0 Å². The van der Waals surface area contributed by atoms with Crippen LogP contribution in [-0.2, 0) is 0 Å². The maximum atomic E-state index is 9.37. The Morgan fingerprint density at radius 1 is 1.13 bits per heavy atom. The smallest absolute Gasteiger partial charge is 0.0689 e. The van der Waals surface area contributed by atoms with Crippen LogP contribution in [0.5, 0.6) is 0 Å². The quantitative estimate of drug-likeness (QED) is 0.667. The van der Waals surface area contributed by atoms with Gasteiger partial charge in [0, 0.05) is 0 Å². The lowest BCUT2D eigenvalue weighted by Gasteiger charge is -2.39. The fraction of sp³-hybridized carbons (Fsp3) is 0.929. The molecule has 1 nitrogen and oxygen atoms in total. The van der Waals surface area contributed by atoms with E-state index in [2.05, 4.69) is 33.8 Å². The molecule has 1 aliphatic carbocycles. The van der Waals surface area contributed by atoms with Gasteiger partial charge >= 0.3 is 0 Å². The van der Waals surface area contributed by atoms with Crippen molar-refractivity contribution in [3.63, 3.8) is 0 Å². The van der Waals surface area contributed by atoms with E-state index in [-0.39, 0.29) is 5.41 Å². The standard InChI is InChI=1S/C14H25N/c1-12(2)5-6-14(11-15)9-7-13(3,4)8-10-14/h12H,5-10H2,1-4H3. The second-order valence-corrected chi connectivity index (χ2v) is 6.49. The summed E-state index contributed by atoms with van der Waals surface area (Å²) >= 11 is 0. The van der Waals surface area contributed by atoms with Crippen molar-refractivity contribution in [2.75, 3.05) is 0 Å². The first kappa shape index (κ1) is 12.6. The molecule has 0 aliphatic heterocycles. The van der Waals surface area contributed by atoms with Gasteiger partial charge in [-0.3, -0.25) is 0 Å². The maximum absolute atomic E-state index is 9.37. The molecule has 1 fully saturated rings. The van der Waals surface area contributed by atoms with Gasteiger partial charge in [0.1, 0.15) is 0 Å². The SMILES string of the molecule is CC(C)CCC1(C#N)CCC(C)(C)CC1. The zero-order valence-corrected chi connectivity index (χ0v) is 10.8. The van der Waals surface area contributed by atoms with Crippen molar-refractivity contribution in [1.29, 1.82) is 5.26 Å². The van der Waals surface area contributed by atoms with Crippen molar-refractivity contribution in [3.05, 3.63) is 0 Å². The average molecular weight is 207 g/mol. The summed E-state index contributed by atoms with van der Waals surface area (Å²) in [4.78, 5) is 0. The summed E-state index contributed by atoms with van der Waals surface area (Å²) in [6, 6.07) is 2.61. The first-order valence-electron chi connectivity index (χ1n) is 6.30. The van der Waals surface area contributed by atoms with Crippen LogP contribution < -0.4 is 0 Å². The van der Waals surface area contributed by atoms with E-state index in [9.17, 15) is 5.26 Å². The molecule has 0 unspecified atom stereocenters. The number of hydrogen-bond acceptors (Lipinski definition) is 1. The van der Waals surface area contributed by atoms with Crippen LogP contribution in [0.25, 0.3) is 0 Å². The average Bonchev–Trinajstić information content (AvgIpc) is 2.17. The van der Waals surface area contributed by atoms with Crippen LogP contribution in [0.2, 0.25) is 0 Å². The predicted octanol–water partition coefficient (Wildman–Crippen LogP) is 4.53. The fourth-order valence-corrected chi connectivity index (χ4v) is 2.39. The monoisotopic (exact) mass is 207 g/mol. The van der Waals surface area contributed by atoms with Gasteiger partial charge in [-0.15, -0.1) is 0 Å². The highest BCUT2D eigenvalue weighted by atomic mass is 14.4. The van der Waals surface area contributed by atoms with Crippen molar-refractivity contribution in [3.8, 4) is 6.07 Å². The molecular formula is C14H25N. The van der Waals surface area contributed by atoms with Crippen LogP contribution in [0.3, 0.4) is 0 Å². The summed E-state index contributed by atoms with van der Waals surface area (Å²) in [7, 11) is 0. The fourth-order valence-electron chi connectivity index (χ4n) is 2.39. The van der Waals surface area contributed by atoms with Gasteiger partial charge in [0.15, 0.2) is 0 Å². The third-order valence-corrected chi connectivity index (χ3v) is 4.00. The number of rotatable bonds is 3. The van der Waals surface area contributed by atoms with E-state index in [1.165, 1.54) is 19.3 Å². The number of nitriles is 1. The third-order valence-electron chi connectivity index (χ3n) is 4.00. The van der Waals surface area contributed by atoms with Crippen molar-refractivity contribution in [1.82, 2.24) is 0 Å². The Morgan fingerprint density at radius 3 is 2.07 bits per heavy atom. The van der Waals surface area contributed by atoms with E-state index >= 15 is 0 Å². The molecule has 86 valence electrons. The van der Waals surface area contributed by atoms with Gasteiger partial charge in [0.2, 0.25) is 0 Å². The normalized spacial score (nSPS) is 23.7. The van der Waals surface area contributed by atoms with Crippen molar-refractivity contribution in [2.24, 2.45) is 16.7 Å². The van der Waals surface area contributed by atoms with Crippen LogP contribution in [0.1, 0.15) is 66.2 Å². The molecule has 15 heavy (non-hydrogen) atoms. The van der Waals surface area contributed by atoms with E-state index in [1.54, 1.807) is 0 Å². The van der Waals surface area contributed by atoms with E-state index in [0.717, 1.165) is 25.2 Å². The molecule has 0 heterocycles. The molecule has 1 aliphatic rings. The number of hydrogen-bond donors (Lipinski definition) is 0. The summed E-state index contributed by atoms with van der Waals surface area (Å²) in [5.74, 6) is 0.727. The Hall–Kier alpha value is -0.510. The Kier molecular flexibility index (Phi) is 3.82. The van der Waals surface area contributed by atoms with Crippen molar-refractivity contribution in [2.45, 2.75) is 66.2 Å². The minimum Gasteiger partial charge on any atom is -0.198 e. The molecule has 0 aromatic carbocycles. The van der Waals surface area contributed by atoms with Gasteiger partial charge in [-0.05, 0) is 49.9 Å². The second kappa shape index (κ2) is 4.56. The second-order valence-electron chi connectivity index (χ2n) is 6.49.